The van der Waals surface area contributed by atoms with Crippen molar-refractivity contribution in [2.24, 2.45) is 0 Å². The van der Waals surface area contributed by atoms with Crippen LogP contribution in [0.2, 0.25) is 0 Å². The highest BCUT2D eigenvalue weighted by molar-refractivity contribution is 5.93. The topological polar surface area (TPSA) is 41.3 Å². The van der Waals surface area contributed by atoms with Crippen molar-refractivity contribution in [2.45, 2.75) is 13.8 Å². The molecule has 0 fully saturated rings. The SMILES string of the molecule is C=CC=[N+](C=C)CC(=O)Nc1c(C)cc(OC)cc1C. The fraction of sp³-hybridized carbons (Fsp3) is 0.250. The highest BCUT2D eigenvalue weighted by Gasteiger charge is 2.13. The number of ether oxygens (including phenoxy) is 1. The van der Waals surface area contributed by atoms with Crippen LogP contribution < -0.4 is 10.1 Å². The number of amides is 1. The molecule has 1 aromatic rings. The number of anilines is 1. The Hall–Kier alpha value is -2.36. The molecule has 4 heteroatoms. The maximum absolute atomic E-state index is 12.0. The monoisotopic (exact) mass is 273 g/mol. The molecule has 0 saturated heterocycles. The van der Waals surface area contributed by atoms with Gasteiger partial charge in [-0.25, -0.2) is 0 Å². The van der Waals surface area contributed by atoms with Crippen LogP contribution in [0, 0.1) is 13.8 Å². The van der Waals surface area contributed by atoms with E-state index in [2.05, 4.69) is 18.5 Å². The third-order valence-electron chi connectivity index (χ3n) is 2.86. The number of rotatable bonds is 6. The standard InChI is InChI=1S/C16H20N2O2/c1-6-8-18(7-2)11-15(19)17-16-12(3)9-14(20-5)10-13(16)4/h6-10H,1-2,11H2,3-5H3/p+1. The fourth-order valence-electron chi connectivity index (χ4n) is 1.90. The van der Waals surface area contributed by atoms with E-state index in [-0.39, 0.29) is 12.5 Å². The number of aryl methyl sites for hydroxylation is 2. The summed E-state index contributed by atoms with van der Waals surface area (Å²) in [4.78, 5) is 12.0. The molecule has 106 valence electrons. The number of allylic oxidation sites excluding steroid dienone is 1. The molecular weight excluding hydrogens is 252 g/mol. The number of methoxy groups -OCH3 is 1. The summed E-state index contributed by atoms with van der Waals surface area (Å²) >= 11 is 0. The lowest BCUT2D eigenvalue weighted by molar-refractivity contribution is -0.437. The number of benzene rings is 1. The van der Waals surface area contributed by atoms with Crippen LogP contribution in [-0.4, -0.2) is 30.4 Å². The Balaban J connectivity index is 2.88. The van der Waals surface area contributed by atoms with E-state index in [1.54, 1.807) is 30.2 Å². The van der Waals surface area contributed by atoms with Gasteiger partial charge in [-0.2, -0.15) is 4.58 Å². The van der Waals surface area contributed by atoms with Crippen molar-refractivity contribution in [2.75, 3.05) is 19.0 Å². The van der Waals surface area contributed by atoms with Crippen molar-refractivity contribution in [3.05, 3.63) is 48.7 Å². The van der Waals surface area contributed by atoms with Crippen LogP contribution in [0.3, 0.4) is 0 Å². The fourth-order valence-corrected chi connectivity index (χ4v) is 1.90. The Kier molecular flexibility index (Phi) is 5.72. The number of nitrogens with one attached hydrogen (secondary N) is 1. The van der Waals surface area contributed by atoms with E-state index in [0.717, 1.165) is 22.6 Å². The zero-order valence-corrected chi connectivity index (χ0v) is 12.3. The number of carbonyl (C=O) groups excluding carboxylic acids is 1. The molecule has 0 radical (unpaired) electrons. The van der Waals surface area contributed by atoms with Crippen LogP contribution in [0.4, 0.5) is 5.69 Å². The van der Waals surface area contributed by atoms with Crippen LogP contribution in [0.25, 0.3) is 0 Å². The van der Waals surface area contributed by atoms with E-state index in [1.165, 1.54) is 0 Å². The third kappa shape index (κ3) is 4.09. The predicted molar refractivity (Wildman–Crippen MR) is 82.7 cm³/mol. The molecule has 1 rings (SSSR count). The number of hydrogen-bond donors (Lipinski definition) is 1. The van der Waals surface area contributed by atoms with E-state index in [1.807, 2.05) is 26.0 Å². The maximum Gasteiger partial charge on any atom is 0.290 e. The van der Waals surface area contributed by atoms with Crippen LogP contribution >= 0.6 is 0 Å². The molecule has 0 spiro atoms. The summed E-state index contributed by atoms with van der Waals surface area (Å²) in [6.07, 6.45) is 4.88. The minimum Gasteiger partial charge on any atom is -0.497 e. The second-order valence-corrected chi connectivity index (χ2v) is 4.42. The van der Waals surface area contributed by atoms with Gasteiger partial charge in [0.25, 0.3) is 5.91 Å². The van der Waals surface area contributed by atoms with Crippen LogP contribution in [0.15, 0.2) is 37.6 Å². The molecule has 0 aliphatic carbocycles. The van der Waals surface area contributed by atoms with Gasteiger partial charge in [-0.05, 0) is 49.8 Å². The number of carbonyl (C=O) groups is 1. The average molecular weight is 273 g/mol. The zero-order valence-electron chi connectivity index (χ0n) is 12.3. The van der Waals surface area contributed by atoms with Crippen LogP contribution in [0.5, 0.6) is 5.75 Å². The Morgan fingerprint density at radius 1 is 1.35 bits per heavy atom. The molecule has 1 N–H and O–H groups in total. The van der Waals surface area contributed by atoms with Crippen LogP contribution in [-0.2, 0) is 4.79 Å². The van der Waals surface area contributed by atoms with Crippen molar-refractivity contribution < 1.29 is 14.1 Å². The first-order valence-electron chi connectivity index (χ1n) is 6.31. The lowest BCUT2D eigenvalue weighted by atomic mass is 10.1. The van der Waals surface area contributed by atoms with Gasteiger partial charge in [0, 0.05) is 5.69 Å². The zero-order chi connectivity index (χ0) is 15.1. The van der Waals surface area contributed by atoms with Crippen molar-refractivity contribution in [3.8, 4) is 5.75 Å². The second-order valence-electron chi connectivity index (χ2n) is 4.42. The molecule has 4 nitrogen and oxygen atoms in total. The Bertz CT molecular complexity index is 537. The molecule has 0 aliphatic heterocycles. The molecule has 0 saturated carbocycles. The molecule has 0 unspecified atom stereocenters. The summed E-state index contributed by atoms with van der Waals surface area (Å²) in [6, 6.07) is 3.79. The van der Waals surface area contributed by atoms with Gasteiger partial charge in [-0.15, -0.1) is 0 Å². The molecule has 0 atom stereocenters. The van der Waals surface area contributed by atoms with Gasteiger partial charge in [0.1, 0.15) is 5.75 Å². The van der Waals surface area contributed by atoms with Gasteiger partial charge < -0.3 is 10.1 Å². The van der Waals surface area contributed by atoms with Gasteiger partial charge in [0.15, 0.2) is 12.4 Å². The lowest BCUT2D eigenvalue weighted by Crippen LogP contribution is -2.24. The smallest absolute Gasteiger partial charge is 0.290 e. The molecule has 1 aromatic carbocycles. The van der Waals surface area contributed by atoms with Gasteiger partial charge >= 0.3 is 0 Å². The van der Waals surface area contributed by atoms with Crippen molar-refractivity contribution in [1.29, 1.82) is 0 Å². The van der Waals surface area contributed by atoms with E-state index in [9.17, 15) is 4.79 Å². The quantitative estimate of drug-likeness (QED) is 0.639. The second kappa shape index (κ2) is 7.28. The summed E-state index contributed by atoms with van der Waals surface area (Å²) in [5.74, 6) is 0.671. The summed E-state index contributed by atoms with van der Waals surface area (Å²) < 4.78 is 6.86. The minimum absolute atomic E-state index is 0.112. The van der Waals surface area contributed by atoms with E-state index in [4.69, 9.17) is 4.74 Å². The molecular formula is C16H21N2O2+. The number of hydrogen-bond acceptors (Lipinski definition) is 2. The largest absolute Gasteiger partial charge is 0.497 e. The minimum atomic E-state index is -0.112. The van der Waals surface area contributed by atoms with Gasteiger partial charge in [-0.3, -0.25) is 4.79 Å². The van der Waals surface area contributed by atoms with Gasteiger partial charge in [-0.1, -0.05) is 6.58 Å². The molecule has 0 aromatic heterocycles. The van der Waals surface area contributed by atoms with E-state index >= 15 is 0 Å². The van der Waals surface area contributed by atoms with E-state index < -0.39 is 0 Å². The number of nitrogens with zero attached hydrogens (tertiary/aromatic N) is 1. The summed E-state index contributed by atoms with van der Waals surface area (Å²) in [5, 5.41) is 2.91. The lowest BCUT2D eigenvalue weighted by Gasteiger charge is -2.12. The van der Waals surface area contributed by atoms with Crippen molar-refractivity contribution in [1.82, 2.24) is 0 Å². The Morgan fingerprint density at radius 3 is 2.40 bits per heavy atom. The summed E-state index contributed by atoms with van der Waals surface area (Å²) in [6.45, 7) is 11.3. The molecule has 0 heterocycles. The summed E-state index contributed by atoms with van der Waals surface area (Å²) in [5.41, 5.74) is 2.75. The molecule has 1 amide bonds. The van der Waals surface area contributed by atoms with Crippen LogP contribution in [0.1, 0.15) is 11.1 Å². The normalized spacial score (nSPS) is 10.8. The highest BCUT2D eigenvalue weighted by atomic mass is 16.5. The van der Waals surface area contributed by atoms with Crippen molar-refractivity contribution in [3.63, 3.8) is 0 Å². The highest BCUT2D eigenvalue weighted by Crippen LogP contribution is 2.25. The first-order chi connectivity index (χ1) is 9.51. The first kappa shape index (κ1) is 15.7. The Labute approximate surface area is 120 Å². The molecule has 20 heavy (non-hydrogen) atoms. The first-order valence-corrected chi connectivity index (χ1v) is 6.31. The summed E-state index contributed by atoms with van der Waals surface area (Å²) in [7, 11) is 1.62. The van der Waals surface area contributed by atoms with Gasteiger partial charge in [0.2, 0.25) is 6.54 Å². The maximum atomic E-state index is 12.0. The van der Waals surface area contributed by atoms with Gasteiger partial charge in [0.05, 0.1) is 7.11 Å². The average Bonchev–Trinajstić information content (AvgIpc) is 2.42. The third-order valence-corrected chi connectivity index (χ3v) is 2.86. The molecule has 0 aliphatic rings. The van der Waals surface area contributed by atoms with E-state index in [0.29, 0.717) is 0 Å². The predicted octanol–water partition coefficient (Wildman–Crippen LogP) is 2.66. The van der Waals surface area contributed by atoms with Crippen molar-refractivity contribution >= 4 is 17.8 Å². The molecule has 0 bridgehead atoms. The Morgan fingerprint density at radius 2 is 1.95 bits per heavy atom.